The van der Waals surface area contributed by atoms with Crippen LogP contribution >= 0.6 is 0 Å². The molecule has 0 spiro atoms. The lowest BCUT2D eigenvalue weighted by atomic mass is 9.90. The standard InChI is InChI=1S/C21H21N3O2S/c1-15-5-2-7-19(11-15)27(25,26)23-18-12-16-6-3-8-20-21(16)17(13-18)14-24(20)10-4-9-22/h2-3,5-8,11,14,18,23H,4,10,12-13H2,1H3. The Kier molecular flexibility index (Phi) is 4.50. The minimum absolute atomic E-state index is 0.180. The molecule has 1 heterocycles. The Morgan fingerprint density at radius 1 is 1.19 bits per heavy atom. The normalized spacial score (nSPS) is 16.4. The lowest BCUT2D eigenvalue weighted by molar-refractivity contribution is 0.540. The van der Waals surface area contributed by atoms with Gasteiger partial charge in [0, 0.05) is 29.7 Å². The number of sulfonamides is 1. The van der Waals surface area contributed by atoms with Crippen LogP contribution in [0.4, 0.5) is 0 Å². The van der Waals surface area contributed by atoms with Gasteiger partial charge in [-0.25, -0.2) is 13.1 Å². The van der Waals surface area contributed by atoms with Crippen LogP contribution in [0.5, 0.6) is 0 Å². The zero-order valence-electron chi connectivity index (χ0n) is 15.1. The second-order valence-electron chi connectivity index (χ2n) is 7.11. The van der Waals surface area contributed by atoms with Gasteiger partial charge in [-0.05, 0) is 54.7 Å². The summed E-state index contributed by atoms with van der Waals surface area (Å²) in [5.74, 6) is 0. The van der Waals surface area contributed by atoms with Gasteiger partial charge >= 0.3 is 0 Å². The van der Waals surface area contributed by atoms with Crippen molar-refractivity contribution in [2.45, 2.75) is 43.7 Å². The van der Waals surface area contributed by atoms with Gasteiger partial charge in [-0.3, -0.25) is 0 Å². The Hall–Kier alpha value is -2.62. The Morgan fingerprint density at radius 2 is 1.96 bits per heavy atom. The summed E-state index contributed by atoms with van der Waals surface area (Å²) in [6.45, 7) is 2.53. The first-order valence-corrected chi connectivity index (χ1v) is 10.5. The van der Waals surface area contributed by atoms with Crippen molar-refractivity contribution >= 4 is 20.9 Å². The Labute approximate surface area is 159 Å². The second-order valence-corrected chi connectivity index (χ2v) is 8.82. The lowest BCUT2D eigenvalue weighted by Crippen LogP contribution is -2.39. The number of aryl methyl sites for hydroxylation is 2. The molecule has 6 heteroatoms. The van der Waals surface area contributed by atoms with E-state index < -0.39 is 10.0 Å². The number of nitrogens with zero attached hydrogens (tertiary/aromatic N) is 2. The van der Waals surface area contributed by atoms with E-state index in [4.69, 9.17) is 5.26 Å². The van der Waals surface area contributed by atoms with Gasteiger partial charge in [0.2, 0.25) is 10.0 Å². The number of rotatable bonds is 5. The molecule has 1 aliphatic rings. The first kappa shape index (κ1) is 17.8. The SMILES string of the molecule is Cc1cccc(S(=O)(=O)NC2Cc3cccc4c3c(cn4CCC#N)C2)c1. The highest BCUT2D eigenvalue weighted by molar-refractivity contribution is 7.89. The van der Waals surface area contributed by atoms with Crippen molar-refractivity contribution in [1.29, 1.82) is 5.26 Å². The molecule has 1 unspecified atom stereocenters. The molecule has 0 saturated carbocycles. The van der Waals surface area contributed by atoms with Gasteiger partial charge in [-0.15, -0.1) is 0 Å². The molecule has 27 heavy (non-hydrogen) atoms. The highest BCUT2D eigenvalue weighted by atomic mass is 32.2. The third-order valence-corrected chi connectivity index (χ3v) is 6.61. The van der Waals surface area contributed by atoms with E-state index in [1.54, 1.807) is 18.2 Å². The van der Waals surface area contributed by atoms with Crippen LogP contribution < -0.4 is 4.72 Å². The van der Waals surface area contributed by atoms with Gasteiger partial charge in [0.1, 0.15) is 0 Å². The van der Waals surface area contributed by atoms with E-state index in [1.807, 2.05) is 19.1 Å². The topological polar surface area (TPSA) is 74.9 Å². The fourth-order valence-electron chi connectivity index (χ4n) is 3.96. The minimum Gasteiger partial charge on any atom is -0.346 e. The zero-order valence-corrected chi connectivity index (χ0v) is 16.0. The molecule has 0 bridgehead atoms. The van der Waals surface area contributed by atoms with Crippen LogP contribution in [0.25, 0.3) is 10.9 Å². The van der Waals surface area contributed by atoms with Gasteiger partial charge in [0.15, 0.2) is 0 Å². The first-order chi connectivity index (χ1) is 13.0. The number of hydrogen-bond acceptors (Lipinski definition) is 3. The van der Waals surface area contributed by atoms with Crippen molar-refractivity contribution in [3.63, 3.8) is 0 Å². The maximum Gasteiger partial charge on any atom is 0.240 e. The van der Waals surface area contributed by atoms with Crippen LogP contribution in [-0.4, -0.2) is 19.0 Å². The van der Waals surface area contributed by atoms with E-state index >= 15 is 0 Å². The molecular weight excluding hydrogens is 358 g/mol. The summed E-state index contributed by atoms with van der Waals surface area (Å²) < 4.78 is 30.6. The van der Waals surface area contributed by atoms with Crippen molar-refractivity contribution in [3.05, 3.63) is 65.4 Å². The number of nitriles is 1. The van der Waals surface area contributed by atoms with E-state index in [0.29, 0.717) is 30.7 Å². The van der Waals surface area contributed by atoms with Crippen molar-refractivity contribution in [2.75, 3.05) is 0 Å². The molecule has 138 valence electrons. The van der Waals surface area contributed by atoms with E-state index in [-0.39, 0.29) is 6.04 Å². The molecule has 5 nitrogen and oxygen atoms in total. The number of nitrogens with one attached hydrogen (secondary N) is 1. The van der Waals surface area contributed by atoms with Gasteiger partial charge in [0.25, 0.3) is 0 Å². The van der Waals surface area contributed by atoms with Crippen LogP contribution in [0.2, 0.25) is 0 Å². The molecule has 0 radical (unpaired) electrons. The van der Waals surface area contributed by atoms with E-state index in [9.17, 15) is 8.42 Å². The number of aromatic nitrogens is 1. The summed E-state index contributed by atoms with van der Waals surface area (Å²) in [4.78, 5) is 0.304. The second kappa shape index (κ2) is 6.84. The molecule has 2 aromatic carbocycles. The molecule has 3 aromatic rings. The fourth-order valence-corrected chi connectivity index (χ4v) is 5.30. The van der Waals surface area contributed by atoms with Crippen LogP contribution in [0.1, 0.15) is 23.1 Å². The van der Waals surface area contributed by atoms with Crippen molar-refractivity contribution in [3.8, 4) is 6.07 Å². The van der Waals surface area contributed by atoms with Crippen molar-refractivity contribution in [1.82, 2.24) is 9.29 Å². The van der Waals surface area contributed by atoms with Crippen LogP contribution in [-0.2, 0) is 29.4 Å². The van der Waals surface area contributed by atoms with E-state index in [2.05, 4.69) is 33.7 Å². The van der Waals surface area contributed by atoms with Gasteiger partial charge in [-0.2, -0.15) is 5.26 Å². The third-order valence-electron chi connectivity index (χ3n) is 5.09. The predicted molar refractivity (Wildman–Crippen MR) is 105 cm³/mol. The predicted octanol–water partition coefficient (Wildman–Crippen LogP) is 3.31. The number of benzene rings is 2. The summed E-state index contributed by atoms with van der Waals surface area (Å²) in [5.41, 5.74) is 4.34. The average molecular weight is 379 g/mol. The molecule has 0 amide bonds. The van der Waals surface area contributed by atoms with Crippen molar-refractivity contribution < 1.29 is 8.42 Å². The minimum atomic E-state index is -3.56. The molecule has 0 saturated heterocycles. The van der Waals surface area contributed by atoms with Crippen LogP contribution in [0, 0.1) is 18.3 Å². The summed E-state index contributed by atoms with van der Waals surface area (Å²) in [5, 5.41) is 10.1. The molecule has 1 N–H and O–H groups in total. The Bertz CT molecular complexity index is 1160. The largest absolute Gasteiger partial charge is 0.346 e. The summed E-state index contributed by atoms with van der Waals surface area (Å²) in [6, 6.07) is 15.1. The molecule has 0 fully saturated rings. The average Bonchev–Trinajstić information content (AvgIpc) is 2.99. The monoisotopic (exact) mass is 379 g/mol. The molecule has 1 aromatic heterocycles. The lowest BCUT2D eigenvalue weighted by Gasteiger charge is -2.23. The van der Waals surface area contributed by atoms with Gasteiger partial charge < -0.3 is 4.57 Å². The van der Waals surface area contributed by atoms with E-state index in [0.717, 1.165) is 22.2 Å². The summed E-state index contributed by atoms with van der Waals surface area (Å²) in [6.07, 6.45) is 3.84. The summed E-state index contributed by atoms with van der Waals surface area (Å²) >= 11 is 0. The van der Waals surface area contributed by atoms with E-state index in [1.165, 1.54) is 5.39 Å². The smallest absolute Gasteiger partial charge is 0.240 e. The highest BCUT2D eigenvalue weighted by Crippen LogP contribution is 2.32. The van der Waals surface area contributed by atoms with Crippen LogP contribution in [0.15, 0.2) is 53.6 Å². The maximum absolute atomic E-state index is 12.8. The molecule has 1 atom stereocenters. The Morgan fingerprint density at radius 3 is 2.74 bits per heavy atom. The first-order valence-electron chi connectivity index (χ1n) is 9.03. The van der Waals surface area contributed by atoms with Crippen LogP contribution in [0.3, 0.4) is 0 Å². The fraction of sp³-hybridized carbons (Fsp3) is 0.286. The van der Waals surface area contributed by atoms with Crippen molar-refractivity contribution in [2.24, 2.45) is 0 Å². The Balaban J connectivity index is 1.63. The molecule has 0 aliphatic heterocycles. The highest BCUT2D eigenvalue weighted by Gasteiger charge is 2.27. The number of hydrogen-bond donors (Lipinski definition) is 1. The maximum atomic E-state index is 12.8. The molecular formula is C21H21N3O2S. The molecule has 1 aliphatic carbocycles. The quantitative estimate of drug-likeness (QED) is 0.739. The zero-order chi connectivity index (χ0) is 19.0. The van der Waals surface area contributed by atoms with Gasteiger partial charge in [0.05, 0.1) is 17.4 Å². The summed E-state index contributed by atoms with van der Waals surface area (Å²) in [7, 11) is -3.56. The van der Waals surface area contributed by atoms with Gasteiger partial charge in [-0.1, -0.05) is 24.3 Å². The molecule has 4 rings (SSSR count). The third kappa shape index (κ3) is 3.36.